The molecule has 21 heavy (non-hydrogen) atoms. The van der Waals surface area contributed by atoms with Crippen molar-refractivity contribution in [3.63, 3.8) is 0 Å². The molecule has 0 aliphatic rings. The molecule has 4 heteroatoms. The first-order valence-electron chi connectivity index (χ1n) is 7.32. The van der Waals surface area contributed by atoms with Gasteiger partial charge in [-0.3, -0.25) is 9.69 Å². The number of H-pyrrole nitrogens is 1. The molecule has 0 fully saturated rings. The lowest BCUT2D eigenvalue weighted by atomic mass is 10.1. The largest absolute Gasteiger partial charge is 0.357 e. The smallest absolute Gasteiger partial charge is 0.234 e. The highest BCUT2D eigenvalue weighted by molar-refractivity contribution is 5.84. The first kappa shape index (κ1) is 15.6. The van der Waals surface area contributed by atoms with E-state index in [1.165, 1.54) is 16.6 Å². The number of nitrogens with zero attached hydrogens (tertiary/aromatic N) is 1. The summed E-state index contributed by atoms with van der Waals surface area (Å²) in [7, 11) is 1.97. The van der Waals surface area contributed by atoms with Crippen LogP contribution in [0.1, 0.15) is 32.0 Å². The molecule has 1 amide bonds. The minimum absolute atomic E-state index is 0.0544. The number of aromatic amines is 1. The number of amides is 1. The summed E-state index contributed by atoms with van der Waals surface area (Å²) in [6.07, 6.45) is 0. The zero-order valence-corrected chi connectivity index (χ0v) is 13.6. The molecule has 0 spiro atoms. The van der Waals surface area contributed by atoms with Gasteiger partial charge in [-0.15, -0.1) is 0 Å². The molecule has 2 aromatic rings. The number of aryl methyl sites for hydroxylation is 1. The second kappa shape index (κ2) is 5.90. The molecule has 0 atom stereocenters. The summed E-state index contributed by atoms with van der Waals surface area (Å²) in [6.45, 7) is 9.23. The van der Waals surface area contributed by atoms with Crippen LogP contribution >= 0.6 is 0 Å². The molecule has 0 unspecified atom stereocenters. The van der Waals surface area contributed by atoms with Gasteiger partial charge in [0, 0.05) is 28.7 Å². The highest BCUT2D eigenvalue weighted by Crippen LogP contribution is 2.21. The third kappa shape index (κ3) is 4.08. The Labute approximate surface area is 126 Å². The molecule has 2 N–H and O–H groups in total. The summed E-state index contributed by atoms with van der Waals surface area (Å²) in [5.41, 5.74) is 3.39. The van der Waals surface area contributed by atoms with Crippen molar-refractivity contribution in [2.75, 3.05) is 13.6 Å². The van der Waals surface area contributed by atoms with Gasteiger partial charge in [-0.05, 0) is 46.4 Å². The fraction of sp³-hybridized carbons (Fsp3) is 0.471. The van der Waals surface area contributed by atoms with Gasteiger partial charge >= 0.3 is 0 Å². The Kier molecular flexibility index (Phi) is 4.37. The fourth-order valence-electron chi connectivity index (χ4n) is 2.52. The molecule has 0 aliphatic heterocycles. The first-order chi connectivity index (χ1) is 9.76. The van der Waals surface area contributed by atoms with Gasteiger partial charge in [-0.1, -0.05) is 18.2 Å². The zero-order valence-electron chi connectivity index (χ0n) is 13.6. The van der Waals surface area contributed by atoms with Gasteiger partial charge in [0.25, 0.3) is 0 Å². The third-order valence-corrected chi connectivity index (χ3v) is 3.43. The number of benzene rings is 1. The molecular weight excluding hydrogens is 262 g/mol. The van der Waals surface area contributed by atoms with Crippen LogP contribution in [0.25, 0.3) is 10.9 Å². The second-order valence-corrected chi connectivity index (χ2v) is 6.74. The number of nitrogens with one attached hydrogen (secondary N) is 2. The number of likely N-dealkylation sites (N-methyl/N-ethyl adjacent to an activating group) is 1. The average molecular weight is 287 g/mol. The van der Waals surface area contributed by atoms with Crippen LogP contribution in [-0.2, 0) is 11.3 Å². The van der Waals surface area contributed by atoms with Gasteiger partial charge < -0.3 is 10.3 Å². The molecule has 0 bridgehead atoms. The van der Waals surface area contributed by atoms with Gasteiger partial charge in [0.15, 0.2) is 0 Å². The lowest BCUT2D eigenvalue weighted by molar-refractivity contribution is -0.123. The molecule has 114 valence electrons. The summed E-state index contributed by atoms with van der Waals surface area (Å²) in [5, 5.41) is 4.24. The lowest BCUT2D eigenvalue weighted by Gasteiger charge is -2.23. The van der Waals surface area contributed by atoms with Crippen LogP contribution in [0, 0.1) is 6.92 Å². The van der Waals surface area contributed by atoms with E-state index >= 15 is 0 Å². The Morgan fingerprint density at radius 2 is 1.95 bits per heavy atom. The van der Waals surface area contributed by atoms with Gasteiger partial charge in [-0.2, -0.15) is 0 Å². The van der Waals surface area contributed by atoms with Gasteiger partial charge in [0.05, 0.1) is 6.54 Å². The van der Waals surface area contributed by atoms with Crippen LogP contribution in [-0.4, -0.2) is 34.9 Å². The van der Waals surface area contributed by atoms with Crippen molar-refractivity contribution in [1.29, 1.82) is 0 Å². The van der Waals surface area contributed by atoms with Crippen molar-refractivity contribution in [3.05, 3.63) is 35.5 Å². The zero-order chi connectivity index (χ0) is 15.6. The predicted molar refractivity (Wildman–Crippen MR) is 87.3 cm³/mol. The van der Waals surface area contributed by atoms with Crippen molar-refractivity contribution >= 4 is 16.8 Å². The topological polar surface area (TPSA) is 48.1 Å². The van der Waals surface area contributed by atoms with E-state index in [2.05, 4.69) is 29.4 Å². The van der Waals surface area contributed by atoms with E-state index in [9.17, 15) is 4.79 Å². The molecule has 0 saturated carbocycles. The summed E-state index contributed by atoms with van der Waals surface area (Å²) < 4.78 is 0. The lowest BCUT2D eigenvalue weighted by Crippen LogP contribution is -2.45. The minimum Gasteiger partial charge on any atom is -0.357 e. The minimum atomic E-state index is -0.186. The molecule has 0 aliphatic carbocycles. The number of carbonyl (C=O) groups is 1. The third-order valence-electron chi connectivity index (χ3n) is 3.43. The number of carbonyl (C=O) groups excluding carboxylic acids is 1. The van der Waals surface area contributed by atoms with E-state index in [4.69, 9.17) is 0 Å². The Bertz CT molecular complexity index is 637. The fourth-order valence-corrected chi connectivity index (χ4v) is 2.52. The normalized spacial score (nSPS) is 12.1. The van der Waals surface area contributed by atoms with E-state index in [1.54, 1.807) is 0 Å². The number of fused-ring (bicyclic) bond motifs is 1. The molecule has 1 aromatic carbocycles. The quantitative estimate of drug-likeness (QED) is 0.908. The first-order valence-corrected chi connectivity index (χ1v) is 7.32. The van der Waals surface area contributed by atoms with Crippen molar-refractivity contribution in [2.45, 2.75) is 39.8 Å². The van der Waals surface area contributed by atoms with Crippen LogP contribution in [0.2, 0.25) is 0 Å². The van der Waals surface area contributed by atoms with Crippen LogP contribution in [0.15, 0.2) is 24.3 Å². The average Bonchev–Trinajstić information content (AvgIpc) is 2.64. The van der Waals surface area contributed by atoms with E-state index in [-0.39, 0.29) is 11.4 Å². The predicted octanol–water partition coefficient (Wildman–Crippen LogP) is 2.82. The van der Waals surface area contributed by atoms with Crippen LogP contribution in [0.5, 0.6) is 0 Å². The number of rotatable bonds is 4. The maximum atomic E-state index is 12.0. The molecule has 0 saturated heterocycles. The van der Waals surface area contributed by atoms with Crippen molar-refractivity contribution in [1.82, 2.24) is 15.2 Å². The van der Waals surface area contributed by atoms with Crippen molar-refractivity contribution < 1.29 is 4.79 Å². The SMILES string of the molecule is Cc1c(CN(C)CC(=O)NC(C)(C)C)[nH]c2ccccc12. The maximum absolute atomic E-state index is 12.0. The van der Waals surface area contributed by atoms with Crippen molar-refractivity contribution in [2.24, 2.45) is 0 Å². The van der Waals surface area contributed by atoms with Gasteiger partial charge in [-0.25, -0.2) is 0 Å². The highest BCUT2D eigenvalue weighted by Gasteiger charge is 2.16. The standard InChI is InChI=1S/C17H25N3O/c1-12-13-8-6-7-9-14(13)18-15(12)10-20(5)11-16(21)19-17(2,3)4/h6-9,18H,10-11H2,1-5H3,(H,19,21). The van der Waals surface area contributed by atoms with Crippen LogP contribution < -0.4 is 5.32 Å². The summed E-state index contributed by atoms with van der Waals surface area (Å²) in [5.74, 6) is 0.0544. The van der Waals surface area contributed by atoms with Gasteiger partial charge in [0.1, 0.15) is 0 Å². The summed E-state index contributed by atoms with van der Waals surface area (Å²) >= 11 is 0. The number of hydrogen-bond donors (Lipinski definition) is 2. The Hall–Kier alpha value is -1.81. The van der Waals surface area contributed by atoms with E-state index in [0.717, 1.165) is 12.1 Å². The van der Waals surface area contributed by atoms with Crippen LogP contribution in [0.4, 0.5) is 0 Å². The molecule has 1 heterocycles. The van der Waals surface area contributed by atoms with E-state index in [0.29, 0.717) is 6.54 Å². The monoisotopic (exact) mass is 287 g/mol. The number of hydrogen-bond acceptors (Lipinski definition) is 2. The Morgan fingerprint density at radius 3 is 2.57 bits per heavy atom. The molecule has 0 radical (unpaired) electrons. The highest BCUT2D eigenvalue weighted by atomic mass is 16.2. The van der Waals surface area contributed by atoms with E-state index in [1.807, 2.05) is 44.9 Å². The molecule has 2 rings (SSSR count). The summed E-state index contributed by atoms with van der Waals surface area (Å²) in [6, 6.07) is 8.28. The second-order valence-electron chi connectivity index (χ2n) is 6.74. The number of para-hydroxylation sites is 1. The summed E-state index contributed by atoms with van der Waals surface area (Å²) in [4.78, 5) is 17.4. The maximum Gasteiger partial charge on any atom is 0.234 e. The number of aromatic nitrogens is 1. The molecule has 4 nitrogen and oxygen atoms in total. The van der Waals surface area contributed by atoms with Crippen LogP contribution in [0.3, 0.4) is 0 Å². The Morgan fingerprint density at radius 1 is 1.29 bits per heavy atom. The van der Waals surface area contributed by atoms with Gasteiger partial charge in [0.2, 0.25) is 5.91 Å². The molecular formula is C17H25N3O. The van der Waals surface area contributed by atoms with Crippen molar-refractivity contribution in [3.8, 4) is 0 Å². The van der Waals surface area contributed by atoms with E-state index < -0.39 is 0 Å². The molecule has 1 aromatic heterocycles. The Balaban J connectivity index is 2.03.